The van der Waals surface area contributed by atoms with Gasteiger partial charge in [0.15, 0.2) is 0 Å². The van der Waals surface area contributed by atoms with Crippen molar-refractivity contribution < 1.29 is 4.79 Å². The quantitative estimate of drug-likeness (QED) is 0.742. The van der Waals surface area contributed by atoms with E-state index in [1.54, 1.807) is 12.3 Å². The highest BCUT2D eigenvalue weighted by Crippen LogP contribution is 2.27. The molecule has 1 aliphatic heterocycles. The molecule has 2 aromatic carbocycles. The van der Waals surface area contributed by atoms with Crippen LogP contribution in [0.2, 0.25) is 0 Å². The fraction of sp³-hybridized carbons (Fsp3) is 0.217. The molecule has 27 heavy (non-hydrogen) atoms. The Morgan fingerprint density at radius 2 is 2.00 bits per heavy atom. The molecule has 0 saturated carbocycles. The monoisotopic (exact) mass is 357 g/mol. The summed E-state index contributed by atoms with van der Waals surface area (Å²) >= 11 is 0. The van der Waals surface area contributed by atoms with Crippen molar-refractivity contribution in [2.45, 2.75) is 26.3 Å². The van der Waals surface area contributed by atoms with Gasteiger partial charge in [0.1, 0.15) is 5.69 Å². The van der Waals surface area contributed by atoms with E-state index in [1.807, 2.05) is 29.2 Å². The van der Waals surface area contributed by atoms with E-state index in [2.05, 4.69) is 47.6 Å². The van der Waals surface area contributed by atoms with Gasteiger partial charge in [0, 0.05) is 18.8 Å². The number of hydrogen-bond donors (Lipinski definition) is 1. The number of amides is 1. The Bertz CT molecular complexity index is 950. The summed E-state index contributed by atoms with van der Waals surface area (Å²) in [5, 5.41) is 3.36. The number of anilines is 2. The highest BCUT2D eigenvalue weighted by Gasteiger charge is 2.23. The molecule has 136 valence electrons. The zero-order valence-corrected chi connectivity index (χ0v) is 15.5. The molecule has 0 radical (unpaired) electrons. The SMILES string of the molecule is Cc1cccc(CNc2ccc(C(=O)N3CCCc4ccccc43)nc2)c1. The number of nitrogens with one attached hydrogen (secondary N) is 1. The van der Waals surface area contributed by atoms with E-state index in [9.17, 15) is 4.79 Å². The van der Waals surface area contributed by atoms with Crippen molar-refractivity contribution in [2.24, 2.45) is 0 Å². The van der Waals surface area contributed by atoms with Crippen molar-refractivity contribution in [3.8, 4) is 0 Å². The number of carbonyl (C=O) groups excluding carboxylic acids is 1. The molecule has 0 aliphatic carbocycles. The maximum absolute atomic E-state index is 12.9. The molecule has 4 rings (SSSR count). The summed E-state index contributed by atoms with van der Waals surface area (Å²) in [6.07, 6.45) is 3.74. The fourth-order valence-corrected chi connectivity index (χ4v) is 3.53. The number of pyridine rings is 1. The van der Waals surface area contributed by atoms with E-state index < -0.39 is 0 Å². The van der Waals surface area contributed by atoms with Crippen LogP contribution in [0.3, 0.4) is 0 Å². The van der Waals surface area contributed by atoms with Gasteiger partial charge in [-0.2, -0.15) is 0 Å². The lowest BCUT2D eigenvalue weighted by Gasteiger charge is -2.29. The zero-order valence-electron chi connectivity index (χ0n) is 15.5. The number of nitrogens with zero attached hydrogens (tertiary/aromatic N) is 2. The normalized spacial score (nSPS) is 13.1. The number of aromatic nitrogens is 1. The van der Waals surface area contributed by atoms with Crippen LogP contribution >= 0.6 is 0 Å². The van der Waals surface area contributed by atoms with E-state index in [-0.39, 0.29) is 5.91 Å². The van der Waals surface area contributed by atoms with Gasteiger partial charge in [0.25, 0.3) is 5.91 Å². The molecule has 4 nitrogen and oxygen atoms in total. The molecular formula is C23H23N3O. The van der Waals surface area contributed by atoms with E-state index in [1.165, 1.54) is 16.7 Å². The van der Waals surface area contributed by atoms with Crippen LogP contribution in [0.5, 0.6) is 0 Å². The summed E-state index contributed by atoms with van der Waals surface area (Å²) < 4.78 is 0. The first-order valence-corrected chi connectivity index (χ1v) is 9.36. The van der Waals surface area contributed by atoms with Crippen LogP contribution in [-0.4, -0.2) is 17.4 Å². The molecule has 1 N–H and O–H groups in total. The number of fused-ring (bicyclic) bond motifs is 1. The molecule has 2 heterocycles. The van der Waals surface area contributed by atoms with Crippen LogP contribution in [0.1, 0.15) is 33.6 Å². The molecule has 1 aromatic heterocycles. The number of aryl methyl sites for hydroxylation is 2. The Morgan fingerprint density at radius 3 is 2.81 bits per heavy atom. The standard InChI is InChI=1S/C23H23N3O/c1-17-6-4-7-18(14-17)15-24-20-11-12-21(25-16-20)23(27)26-13-5-9-19-8-2-3-10-22(19)26/h2-4,6-8,10-12,14,16,24H,5,9,13,15H2,1H3. The van der Waals surface area contributed by atoms with Gasteiger partial charge in [-0.15, -0.1) is 0 Å². The summed E-state index contributed by atoms with van der Waals surface area (Å²) in [4.78, 5) is 19.2. The minimum atomic E-state index is -0.0348. The average molecular weight is 357 g/mol. The zero-order chi connectivity index (χ0) is 18.6. The van der Waals surface area contributed by atoms with Crippen LogP contribution < -0.4 is 10.2 Å². The molecule has 0 saturated heterocycles. The van der Waals surface area contributed by atoms with Crippen molar-refractivity contribution in [3.05, 3.63) is 89.2 Å². The second-order valence-corrected chi connectivity index (χ2v) is 6.96. The largest absolute Gasteiger partial charge is 0.380 e. The summed E-state index contributed by atoms with van der Waals surface area (Å²) in [6.45, 7) is 3.56. The Hall–Kier alpha value is -3.14. The first kappa shape index (κ1) is 17.3. The lowest BCUT2D eigenvalue weighted by atomic mass is 10.0. The van der Waals surface area contributed by atoms with Crippen LogP contribution in [0.25, 0.3) is 0 Å². The van der Waals surface area contributed by atoms with Gasteiger partial charge >= 0.3 is 0 Å². The molecule has 0 atom stereocenters. The van der Waals surface area contributed by atoms with Crippen molar-refractivity contribution in [2.75, 3.05) is 16.8 Å². The fourth-order valence-electron chi connectivity index (χ4n) is 3.53. The first-order valence-electron chi connectivity index (χ1n) is 9.36. The lowest BCUT2D eigenvalue weighted by Crippen LogP contribution is -2.35. The molecule has 0 unspecified atom stereocenters. The van der Waals surface area contributed by atoms with Gasteiger partial charge in [-0.1, -0.05) is 48.0 Å². The summed E-state index contributed by atoms with van der Waals surface area (Å²) in [5.41, 5.74) is 6.10. The van der Waals surface area contributed by atoms with E-state index in [0.717, 1.165) is 37.3 Å². The molecule has 4 heteroatoms. The van der Waals surface area contributed by atoms with Gasteiger partial charge in [-0.05, 0) is 49.1 Å². The average Bonchev–Trinajstić information content (AvgIpc) is 2.72. The Balaban J connectivity index is 1.45. The minimum Gasteiger partial charge on any atom is -0.380 e. The Morgan fingerprint density at radius 1 is 1.11 bits per heavy atom. The molecule has 0 bridgehead atoms. The molecule has 0 spiro atoms. The first-order chi connectivity index (χ1) is 13.2. The molecule has 0 fully saturated rings. The minimum absolute atomic E-state index is 0.0348. The Labute approximate surface area is 159 Å². The van der Waals surface area contributed by atoms with Gasteiger partial charge < -0.3 is 10.2 Å². The number of para-hydroxylation sites is 1. The van der Waals surface area contributed by atoms with E-state index >= 15 is 0 Å². The summed E-state index contributed by atoms with van der Waals surface area (Å²) in [5.74, 6) is -0.0348. The van der Waals surface area contributed by atoms with Crippen LogP contribution in [0.4, 0.5) is 11.4 Å². The van der Waals surface area contributed by atoms with Crippen LogP contribution in [0, 0.1) is 6.92 Å². The Kier molecular flexibility index (Phi) is 4.88. The topological polar surface area (TPSA) is 45.2 Å². The smallest absolute Gasteiger partial charge is 0.276 e. The van der Waals surface area contributed by atoms with Gasteiger partial charge in [0.2, 0.25) is 0 Å². The molecular weight excluding hydrogens is 334 g/mol. The second kappa shape index (κ2) is 7.62. The maximum atomic E-state index is 12.9. The highest BCUT2D eigenvalue weighted by molar-refractivity contribution is 6.05. The molecule has 1 amide bonds. The van der Waals surface area contributed by atoms with Gasteiger partial charge in [0.05, 0.1) is 11.9 Å². The van der Waals surface area contributed by atoms with Gasteiger partial charge in [-0.25, -0.2) is 4.98 Å². The molecule has 3 aromatic rings. The maximum Gasteiger partial charge on any atom is 0.276 e. The lowest BCUT2D eigenvalue weighted by molar-refractivity contribution is 0.0980. The third-order valence-electron chi connectivity index (χ3n) is 4.92. The predicted octanol–water partition coefficient (Wildman–Crippen LogP) is 4.60. The number of benzene rings is 2. The van der Waals surface area contributed by atoms with Crippen molar-refractivity contribution in [3.63, 3.8) is 0 Å². The van der Waals surface area contributed by atoms with Crippen molar-refractivity contribution in [1.82, 2.24) is 4.98 Å². The molecule has 1 aliphatic rings. The number of carbonyl (C=O) groups is 1. The van der Waals surface area contributed by atoms with Crippen LogP contribution in [0.15, 0.2) is 66.9 Å². The summed E-state index contributed by atoms with van der Waals surface area (Å²) in [7, 11) is 0. The van der Waals surface area contributed by atoms with E-state index in [4.69, 9.17) is 0 Å². The van der Waals surface area contributed by atoms with Gasteiger partial charge in [-0.3, -0.25) is 4.79 Å². The van der Waals surface area contributed by atoms with Crippen molar-refractivity contribution >= 4 is 17.3 Å². The van der Waals surface area contributed by atoms with Crippen LogP contribution in [-0.2, 0) is 13.0 Å². The second-order valence-electron chi connectivity index (χ2n) is 6.96. The number of hydrogen-bond acceptors (Lipinski definition) is 3. The predicted molar refractivity (Wildman–Crippen MR) is 109 cm³/mol. The number of rotatable bonds is 4. The summed E-state index contributed by atoms with van der Waals surface area (Å²) in [6, 6.07) is 20.3. The highest BCUT2D eigenvalue weighted by atomic mass is 16.2. The third-order valence-corrected chi connectivity index (χ3v) is 4.92. The third kappa shape index (κ3) is 3.85. The van der Waals surface area contributed by atoms with E-state index in [0.29, 0.717) is 5.69 Å². The van der Waals surface area contributed by atoms with Crippen molar-refractivity contribution in [1.29, 1.82) is 0 Å².